The summed E-state index contributed by atoms with van der Waals surface area (Å²) in [5, 5.41) is 28.8. The van der Waals surface area contributed by atoms with Crippen LogP contribution in [0.25, 0.3) is 22.4 Å². The van der Waals surface area contributed by atoms with Gasteiger partial charge in [0.25, 0.3) is 0 Å². The number of aryl methyl sites for hydroxylation is 1. The predicted molar refractivity (Wildman–Crippen MR) is 130 cm³/mol. The molecule has 0 radical (unpaired) electrons. The van der Waals surface area contributed by atoms with Crippen LogP contribution in [-0.4, -0.2) is 33.0 Å². The van der Waals surface area contributed by atoms with Gasteiger partial charge >= 0.3 is 0 Å². The summed E-state index contributed by atoms with van der Waals surface area (Å²) in [7, 11) is 3.97. The lowest BCUT2D eigenvalue weighted by Crippen LogP contribution is -2.42. The minimum absolute atomic E-state index is 0.148. The van der Waals surface area contributed by atoms with Gasteiger partial charge in [-0.1, -0.05) is 19.9 Å². The number of aromatic nitrogens is 3. The van der Waals surface area contributed by atoms with Crippen LogP contribution < -0.4 is 4.90 Å². The zero-order chi connectivity index (χ0) is 23.4. The molecule has 2 heterocycles. The smallest absolute Gasteiger partial charge is 0.151 e. The van der Waals surface area contributed by atoms with E-state index in [1.807, 2.05) is 43.6 Å². The molecule has 2 saturated carbocycles. The third kappa shape index (κ3) is 3.86. The molecule has 6 heteroatoms. The van der Waals surface area contributed by atoms with Crippen molar-refractivity contribution in [1.82, 2.24) is 14.8 Å². The average molecular weight is 442 g/mol. The van der Waals surface area contributed by atoms with Crippen LogP contribution in [0.1, 0.15) is 51.6 Å². The van der Waals surface area contributed by atoms with Crippen LogP contribution in [0.2, 0.25) is 0 Å². The van der Waals surface area contributed by atoms with Crippen molar-refractivity contribution in [2.24, 2.45) is 17.9 Å². The maximum atomic E-state index is 10.7. The van der Waals surface area contributed by atoms with Crippen LogP contribution in [0.3, 0.4) is 0 Å². The van der Waals surface area contributed by atoms with E-state index in [2.05, 4.69) is 42.1 Å². The van der Waals surface area contributed by atoms with Crippen LogP contribution in [0, 0.1) is 22.2 Å². The largest absolute Gasteiger partial charge is 0.507 e. The average Bonchev–Trinajstić information content (AvgIpc) is 3.28. The highest BCUT2D eigenvalue weighted by molar-refractivity contribution is 5.74. The highest BCUT2D eigenvalue weighted by Crippen LogP contribution is 2.58. The first-order valence-electron chi connectivity index (χ1n) is 11.7. The van der Waals surface area contributed by atoms with Crippen molar-refractivity contribution in [2.45, 2.75) is 52.0 Å². The molecule has 0 saturated heterocycles. The van der Waals surface area contributed by atoms with Gasteiger partial charge in [0.15, 0.2) is 5.82 Å². The van der Waals surface area contributed by atoms with Crippen LogP contribution >= 0.6 is 0 Å². The van der Waals surface area contributed by atoms with Gasteiger partial charge < -0.3 is 14.6 Å². The summed E-state index contributed by atoms with van der Waals surface area (Å²) in [6, 6.07) is 13.9. The Morgan fingerprint density at radius 1 is 1.06 bits per heavy atom. The van der Waals surface area contributed by atoms with E-state index in [-0.39, 0.29) is 5.75 Å². The van der Waals surface area contributed by atoms with Crippen LogP contribution in [0.4, 0.5) is 5.82 Å². The van der Waals surface area contributed by atoms with Gasteiger partial charge in [-0.3, -0.25) is 0 Å². The minimum Gasteiger partial charge on any atom is -0.507 e. The molecular weight excluding hydrogens is 410 g/mol. The Bertz CT molecular complexity index is 1220. The molecule has 2 aromatic heterocycles. The quantitative estimate of drug-likeness (QED) is 0.577. The number of benzene rings is 1. The Balaban J connectivity index is 1.36. The lowest BCUT2D eigenvalue weighted by atomic mass is 9.68. The molecule has 2 bridgehead atoms. The van der Waals surface area contributed by atoms with Gasteiger partial charge in [0, 0.05) is 37.5 Å². The third-order valence-electron chi connectivity index (χ3n) is 7.93. The van der Waals surface area contributed by atoms with Crippen molar-refractivity contribution in [3.05, 3.63) is 48.3 Å². The van der Waals surface area contributed by atoms with Gasteiger partial charge in [0.2, 0.25) is 0 Å². The van der Waals surface area contributed by atoms with Crippen molar-refractivity contribution in [1.29, 1.82) is 5.26 Å². The second kappa shape index (κ2) is 7.62. The first-order valence-corrected chi connectivity index (χ1v) is 11.7. The molecule has 1 aromatic carbocycles. The maximum Gasteiger partial charge on any atom is 0.151 e. The summed E-state index contributed by atoms with van der Waals surface area (Å²) in [6.45, 7) is 4.88. The molecule has 33 heavy (non-hydrogen) atoms. The summed E-state index contributed by atoms with van der Waals surface area (Å²) in [4.78, 5) is 2.29. The number of phenols is 1. The molecule has 170 valence electrons. The zero-order valence-corrected chi connectivity index (χ0v) is 19.8. The fraction of sp³-hybridized carbons (Fsp3) is 0.444. The highest BCUT2D eigenvalue weighted by Gasteiger charge is 2.49. The van der Waals surface area contributed by atoms with Crippen LogP contribution in [0.5, 0.6) is 5.75 Å². The second-order valence-corrected chi connectivity index (χ2v) is 10.8. The molecule has 0 aliphatic heterocycles. The molecule has 2 aliphatic rings. The number of rotatable bonds is 4. The number of anilines is 1. The predicted octanol–water partition coefficient (Wildman–Crippen LogP) is 5.52. The molecule has 6 nitrogen and oxygen atoms in total. The Morgan fingerprint density at radius 2 is 1.79 bits per heavy atom. The first-order chi connectivity index (χ1) is 15.7. The van der Waals surface area contributed by atoms with Crippen LogP contribution in [0.15, 0.2) is 42.6 Å². The number of hydrogen-bond donors (Lipinski definition) is 1. The molecule has 0 spiro atoms. The lowest BCUT2D eigenvalue weighted by Gasteiger charge is -2.44. The Kier molecular flexibility index (Phi) is 4.97. The molecule has 2 aliphatic carbocycles. The first kappa shape index (κ1) is 21.5. The van der Waals surface area contributed by atoms with Gasteiger partial charge in [0.1, 0.15) is 17.5 Å². The zero-order valence-electron chi connectivity index (χ0n) is 19.8. The van der Waals surface area contributed by atoms with E-state index >= 15 is 0 Å². The van der Waals surface area contributed by atoms with Gasteiger partial charge in [0.05, 0.1) is 5.69 Å². The SMILES string of the molecule is CN(c1ccc(-c2ccc(-c3cc(C#N)n(C)c3)cc2O)nn1)C1C[C@]2(C)CC[C@](C)(C1)C2. The third-order valence-corrected chi connectivity index (χ3v) is 7.93. The molecule has 3 aromatic rings. The maximum absolute atomic E-state index is 10.7. The number of nitriles is 1. The number of fused-ring (bicyclic) bond motifs is 2. The van der Waals surface area contributed by atoms with Crippen molar-refractivity contribution >= 4 is 5.82 Å². The fourth-order valence-electron chi connectivity index (χ4n) is 6.25. The summed E-state index contributed by atoms with van der Waals surface area (Å²) < 4.78 is 1.78. The Labute approximate surface area is 195 Å². The van der Waals surface area contributed by atoms with Crippen molar-refractivity contribution in [2.75, 3.05) is 11.9 Å². The summed E-state index contributed by atoms with van der Waals surface area (Å²) in [6.07, 6.45) is 8.29. The van der Waals surface area contributed by atoms with Crippen LogP contribution in [-0.2, 0) is 7.05 Å². The second-order valence-electron chi connectivity index (χ2n) is 10.8. The van der Waals surface area contributed by atoms with Crippen molar-refractivity contribution in [3.63, 3.8) is 0 Å². The van der Waals surface area contributed by atoms with E-state index < -0.39 is 0 Å². The van der Waals surface area contributed by atoms with E-state index in [1.54, 1.807) is 10.6 Å². The summed E-state index contributed by atoms with van der Waals surface area (Å²) >= 11 is 0. The molecular formula is C27H31N5O. The van der Waals surface area contributed by atoms with E-state index in [0.717, 1.165) is 16.9 Å². The fourth-order valence-corrected chi connectivity index (χ4v) is 6.25. The molecule has 5 rings (SSSR count). The summed E-state index contributed by atoms with van der Waals surface area (Å²) in [5.41, 5.74) is 4.50. The number of phenolic OH excluding ortho intramolecular Hbond substituents is 1. The topological polar surface area (TPSA) is 78.0 Å². The minimum atomic E-state index is 0.148. The van der Waals surface area contributed by atoms with E-state index in [1.165, 1.54) is 32.1 Å². The Morgan fingerprint density at radius 3 is 2.36 bits per heavy atom. The number of aromatic hydroxyl groups is 1. The van der Waals surface area contributed by atoms with Gasteiger partial charge in [-0.15, -0.1) is 10.2 Å². The highest BCUT2D eigenvalue weighted by atomic mass is 16.3. The van der Waals surface area contributed by atoms with Gasteiger partial charge in [-0.2, -0.15) is 5.26 Å². The molecule has 2 fully saturated rings. The van der Waals surface area contributed by atoms with Gasteiger partial charge in [-0.25, -0.2) is 0 Å². The molecule has 1 unspecified atom stereocenters. The van der Waals surface area contributed by atoms with Crippen molar-refractivity contribution in [3.8, 4) is 34.2 Å². The van der Waals surface area contributed by atoms with Gasteiger partial charge in [-0.05, 0) is 78.8 Å². The number of nitrogens with zero attached hydrogens (tertiary/aromatic N) is 5. The lowest BCUT2D eigenvalue weighted by molar-refractivity contribution is 0.148. The molecule has 1 N–H and O–H groups in total. The monoisotopic (exact) mass is 441 g/mol. The summed E-state index contributed by atoms with van der Waals surface area (Å²) in [5.74, 6) is 1.02. The normalized spacial score (nSPS) is 26.2. The standard InChI is InChI=1S/C27H31N5O/c1-26-9-10-27(2,17-26)14-21(13-26)32(4)25-8-7-23(29-30-25)22-6-5-18(12-24(22)33)19-11-20(15-28)31(3)16-19/h5-8,11-12,16,21,33H,9-10,13-14,17H2,1-4H3/t21?,26-,27+. The number of hydrogen-bond acceptors (Lipinski definition) is 5. The van der Waals surface area contributed by atoms with E-state index in [4.69, 9.17) is 0 Å². The molecule has 3 atom stereocenters. The van der Waals surface area contributed by atoms with E-state index in [9.17, 15) is 10.4 Å². The Hall–Kier alpha value is -3.33. The van der Waals surface area contributed by atoms with E-state index in [0.29, 0.717) is 33.8 Å². The molecule has 0 amide bonds. The van der Waals surface area contributed by atoms with Crippen molar-refractivity contribution < 1.29 is 5.11 Å².